The van der Waals surface area contributed by atoms with E-state index >= 15 is 0 Å². The van der Waals surface area contributed by atoms with Gasteiger partial charge in [-0.2, -0.15) is 5.10 Å². The number of nitrogens with one attached hydrogen (secondary N) is 1. The molecule has 0 atom stereocenters. The molecule has 1 aromatic rings. The maximum Gasteiger partial charge on any atom is 0.240 e. The molecule has 0 aromatic carbocycles. The van der Waals surface area contributed by atoms with E-state index in [-0.39, 0.29) is 5.91 Å². The van der Waals surface area contributed by atoms with Crippen molar-refractivity contribution in [3.63, 3.8) is 0 Å². The van der Waals surface area contributed by atoms with Gasteiger partial charge in [0, 0.05) is 6.42 Å². The Morgan fingerprint density at radius 1 is 0.889 bits per heavy atom. The summed E-state index contributed by atoms with van der Waals surface area (Å²) in [5.74, 6) is 0.620. The van der Waals surface area contributed by atoms with Gasteiger partial charge in [-0.1, -0.05) is 96.8 Å². The molecule has 1 N–H and O–H groups in total. The molecular weight excluding hydrogens is 336 g/mol. The van der Waals surface area contributed by atoms with Gasteiger partial charge >= 0.3 is 0 Å². The Morgan fingerprint density at radius 3 is 1.89 bits per heavy atom. The number of carbonyl (C=O) groups is 1. The monoisotopic (exact) mass is 376 g/mol. The molecule has 0 aliphatic rings. The summed E-state index contributed by atoms with van der Waals surface area (Å²) in [4.78, 5) is 11.6. The molecule has 0 saturated carbocycles. The van der Waals surface area contributed by atoms with Crippen molar-refractivity contribution < 1.29 is 9.21 Å². The standard InChI is InChI=1S/C23H40N2O2/c1-2-3-4-5-6-7-8-9-10-11-12-13-14-15-16-19-23(26)25-24-21-22-18-17-20-27-22/h17-18,20-21H,2-16,19H2,1H3,(H,25,26)/b24-21+. The average molecular weight is 377 g/mol. The molecule has 0 saturated heterocycles. The number of amides is 1. The van der Waals surface area contributed by atoms with Gasteiger partial charge in [0.25, 0.3) is 0 Å². The van der Waals surface area contributed by atoms with E-state index in [4.69, 9.17) is 4.42 Å². The zero-order valence-corrected chi connectivity index (χ0v) is 17.4. The maximum absolute atomic E-state index is 11.6. The highest BCUT2D eigenvalue weighted by atomic mass is 16.3. The fourth-order valence-corrected chi connectivity index (χ4v) is 3.25. The van der Waals surface area contributed by atoms with Crippen molar-refractivity contribution in [2.45, 2.75) is 110 Å². The molecule has 0 unspecified atom stereocenters. The summed E-state index contributed by atoms with van der Waals surface area (Å²) < 4.78 is 5.11. The Morgan fingerprint density at radius 2 is 1.41 bits per heavy atom. The molecule has 0 bridgehead atoms. The van der Waals surface area contributed by atoms with E-state index in [1.165, 1.54) is 89.7 Å². The lowest BCUT2D eigenvalue weighted by Crippen LogP contribution is -2.16. The first-order valence-electron chi connectivity index (χ1n) is 11.2. The van der Waals surface area contributed by atoms with Crippen LogP contribution in [0, 0.1) is 0 Å². The molecule has 1 rings (SSSR count). The molecule has 1 heterocycles. The van der Waals surface area contributed by atoms with Crippen LogP contribution in [0.3, 0.4) is 0 Å². The molecule has 27 heavy (non-hydrogen) atoms. The van der Waals surface area contributed by atoms with Crippen LogP contribution in [0.25, 0.3) is 0 Å². The van der Waals surface area contributed by atoms with Gasteiger partial charge in [0.15, 0.2) is 0 Å². The first-order valence-corrected chi connectivity index (χ1v) is 11.2. The summed E-state index contributed by atoms with van der Waals surface area (Å²) in [5.41, 5.74) is 2.54. The van der Waals surface area contributed by atoms with Crippen LogP contribution in [0.5, 0.6) is 0 Å². The van der Waals surface area contributed by atoms with E-state index < -0.39 is 0 Å². The SMILES string of the molecule is CCCCCCCCCCCCCCCCCC(=O)N/N=C/c1ccco1. The summed E-state index contributed by atoms with van der Waals surface area (Å²) in [5, 5.41) is 3.88. The molecule has 0 fully saturated rings. The number of hydrogen-bond donors (Lipinski definition) is 1. The van der Waals surface area contributed by atoms with Crippen LogP contribution in [-0.4, -0.2) is 12.1 Å². The van der Waals surface area contributed by atoms with Crippen molar-refractivity contribution in [1.82, 2.24) is 5.43 Å². The Bertz CT molecular complexity index is 469. The largest absolute Gasteiger partial charge is 0.463 e. The fraction of sp³-hybridized carbons (Fsp3) is 0.739. The lowest BCUT2D eigenvalue weighted by molar-refractivity contribution is -0.121. The van der Waals surface area contributed by atoms with Crippen molar-refractivity contribution >= 4 is 12.1 Å². The van der Waals surface area contributed by atoms with Crippen LogP contribution < -0.4 is 5.43 Å². The Labute approximate surface area is 166 Å². The highest BCUT2D eigenvalue weighted by Crippen LogP contribution is 2.13. The number of hydrogen-bond acceptors (Lipinski definition) is 3. The van der Waals surface area contributed by atoms with Gasteiger partial charge in [-0.25, -0.2) is 5.43 Å². The highest BCUT2D eigenvalue weighted by molar-refractivity contribution is 5.80. The first kappa shape index (κ1) is 23.5. The number of furan rings is 1. The molecule has 4 heteroatoms. The van der Waals surface area contributed by atoms with Gasteiger partial charge in [0.2, 0.25) is 5.91 Å². The Kier molecular flexibility index (Phi) is 15.5. The van der Waals surface area contributed by atoms with Gasteiger partial charge in [-0.3, -0.25) is 4.79 Å². The Hall–Kier alpha value is -1.58. The fourth-order valence-electron chi connectivity index (χ4n) is 3.25. The van der Waals surface area contributed by atoms with Crippen molar-refractivity contribution in [1.29, 1.82) is 0 Å². The number of unbranched alkanes of at least 4 members (excludes halogenated alkanes) is 14. The lowest BCUT2D eigenvalue weighted by Gasteiger charge is -2.03. The van der Waals surface area contributed by atoms with E-state index in [9.17, 15) is 4.79 Å². The third-order valence-electron chi connectivity index (χ3n) is 4.93. The molecule has 0 aliphatic heterocycles. The van der Waals surface area contributed by atoms with E-state index in [1.54, 1.807) is 18.4 Å². The predicted molar refractivity (Wildman–Crippen MR) is 114 cm³/mol. The summed E-state index contributed by atoms with van der Waals surface area (Å²) in [7, 11) is 0. The first-order chi connectivity index (χ1) is 13.3. The zero-order chi connectivity index (χ0) is 19.4. The van der Waals surface area contributed by atoms with E-state index in [0.29, 0.717) is 12.2 Å². The van der Waals surface area contributed by atoms with Crippen molar-refractivity contribution in [3.8, 4) is 0 Å². The zero-order valence-electron chi connectivity index (χ0n) is 17.4. The van der Waals surface area contributed by atoms with Crippen LogP contribution in [0.15, 0.2) is 27.9 Å². The van der Waals surface area contributed by atoms with Crippen LogP contribution in [0.1, 0.15) is 115 Å². The van der Waals surface area contributed by atoms with Gasteiger partial charge in [-0.15, -0.1) is 0 Å². The van der Waals surface area contributed by atoms with Crippen molar-refractivity contribution in [3.05, 3.63) is 24.2 Å². The van der Waals surface area contributed by atoms with E-state index in [1.807, 2.05) is 0 Å². The van der Waals surface area contributed by atoms with Crippen LogP contribution in [-0.2, 0) is 4.79 Å². The lowest BCUT2D eigenvalue weighted by atomic mass is 10.0. The molecular formula is C23H40N2O2. The minimum absolute atomic E-state index is 0.0208. The van der Waals surface area contributed by atoms with Gasteiger partial charge in [-0.05, 0) is 18.6 Å². The molecule has 4 nitrogen and oxygen atoms in total. The van der Waals surface area contributed by atoms with E-state index in [2.05, 4.69) is 17.5 Å². The summed E-state index contributed by atoms with van der Waals surface area (Å²) in [6.07, 6.45) is 23.7. The molecule has 1 aromatic heterocycles. The number of hydrazone groups is 1. The molecule has 0 spiro atoms. The Balaban J connectivity index is 1.76. The minimum atomic E-state index is -0.0208. The quantitative estimate of drug-likeness (QED) is 0.170. The van der Waals surface area contributed by atoms with E-state index in [0.717, 1.165) is 12.8 Å². The van der Waals surface area contributed by atoms with Crippen LogP contribution in [0.4, 0.5) is 0 Å². The maximum atomic E-state index is 11.6. The summed E-state index contributed by atoms with van der Waals surface area (Å²) in [6, 6.07) is 3.59. The van der Waals surface area contributed by atoms with Crippen LogP contribution >= 0.6 is 0 Å². The summed E-state index contributed by atoms with van der Waals surface area (Å²) in [6.45, 7) is 2.28. The molecule has 0 aliphatic carbocycles. The number of nitrogens with zero attached hydrogens (tertiary/aromatic N) is 1. The smallest absolute Gasteiger partial charge is 0.240 e. The molecule has 0 radical (unpaired) electrons. The van der Waals surface area contributed by atoms with Crippen molar-refractivity contribution in [2.75, 3.05) is 0 Å². The highest BCUT2D eigenvalue weighted by Gasteiger charge is 2.00. The van der Waals surface area contributed by atoms with Crippen LogP contribution in [0.2, 0.25) is 0 Å². The normalized spacial score (nSPS) is 11.3. The average Bonchev–Trinajstić information content (AvgIpc) is 3.18. The number of carbonyl (C=O) groups excluding carboxylic acids is 1. The minimum Gasteiger partial charge on any atom is -0.463 e. The second-order valence-corrected chi connectivity index (χ2v) is 7.51. The van der Waals surface area contributed by atoms with Gasteiger partial charge in [0.05, 0.1) is 12.5 Å². The summed E-state index contributed by atoms with van der Waals surface area (Å²) >= 11 is 0. The second kappa shape index (κ2) is 17.8. The number of rotatable bonds is 18. The predicted octanol–water partition coefficient (Wildman–Crippen LogP) is 6.99. The van der Waals surface area contributed by atoms with Crippen molar-refractivity contribution in [2.24, 2.45) is 5.10 Å². The van der Waals surface area contributed by atoms with Gasteiger partial charge < -0.3 is 4.42 Å². The van der Waals surface area contributed by atoms with Gasteiger partial charge in [0.1, 0.15) is 5.76 Å². The second-order valence-electron chi connectivity index (χ2n) is 7.51. The molecule has 154 valence electrons. The third kappa shape index (κ3) is 15.2. The topological polar surface area (TPSA) is 54.6 Å². The third-order valence-corrected chi connectivity index (χ3v) is 4.93. The molecule has 1 amide bonds.